The molecule has 1 heterocycles. The normalized spacial score (nSPS) is 10.7. The highest BCUT2D eigenvalue weighted by Gasteiger charge is 2.17. The molecule has 0 spiro atoms. The van der Waals surface area contributed by atoms with Gasteiger partial charge in [-0.1, -0.05) is 0 Å². The first-order valence-corrected chi connectivity index (χ1v) is 5.27. The summed E-state index contributed by atoms with van der Waals surface area (Å²) < 4.78 is 28.1. The summed E-state index contributed by atoms with van der Waals surface area (Å²) in [4.78, 5) is 11.0. The Balaban J connectivity index is 2.64. The third-order valence-corrected chi connectivity index (χ3v) is 2.97. The van der Waals surface area contributed by atoms with E-state index in [2.05, 4.69) is 0 Å². The molecule has 2 aromatic rings. The summed E-state index contributed by atoms with van der Waals surface area (Å²) in [5.74, 6) is -2.45. The molecule has 0 fully saturated rings. The molecule has 3 nitrogen and oxygen atoms in total. The highest BCUT2D eigenvalue weighted by Crippen LogP contribution is 2.27. The van der Waals surface area contributed by atoms with Crippen LogP contribution in [0.3, 0.4) is 0 Å². The molecule has 0 saturated carbocycles. The minimum atomic E-state index is -1.07. The molecule has 0 bridgehead atoms. The summed E-state index contributed by atoms with van der Waals surface area (Å²) >= 11 is 0. The van der Waals surface area contributed by atoms with Crippen molar-refractivity contribution >= 4 is 5.97 Å². The SMILES string of the molecule is Cc1c(C(=O)O)cc(-c2ccc(F)cc2F)n1C. The zero-order chi connectivity index (χ0) is 13.4. The molecule has 0 atom stereocenters. The molecular weight excluding hydrogens is 240 g/mol. The van der Waals surface area contributed by atoms with Crippen molar-refractivity contribution in [3.63, 3.8) is 0 Å². The first-order chi connectivity index (χ1) is 8.41. The van der Waals surface area contributed by atoms with E-state index in [1.807, 2.05) is 0 Å². The molecule has 1 N–H and O–H groups in total. The van der Waals surface area contributed by atoms with Crippen molar-refractivity contribution in [2.45, 2.75) is 6.92 Å². The topological polar surface area (TPSA) is 42.2 Å². The van der Waals surface area contributed by atoms with Crippen molar-refractivity contribution in [1.82, 2.24) is 4.57 Å². The van der Waals surface area contributed by atoms with E-state index >= 15 is 0 Å². The summed E-state index contributed by atoms with van der Waals surface area (Å²) in [5, 5.41) is 9.00. The molecule has 0 amide bonds. The Labute approximate surface area is 102 Å². The lowest BCUT2D eigenvalue weighted by Gasteiger charge is -2.06. The number of hydrogen-bond acceptors (Lipinski definition) is 1. The fourth-order valence-corrected chi connectivity index (χ4v) is 1.87. The van der Waals surface area contributed by atoms with Crippen molar-refractivity contribution in [1.29, 1.82) is 0 Å². The third kappa shape index (κ3) is 1.88. The Bertz CT molecular complexity index is 632. The number of carbonyl (C=O) groups is 1. The molecule has 18 heavy (non-hydrogen) atoms. The van der Waals surface area contributed by atoms with Gasteiger partial charge in [0.05, 0.1) is 11.3 Å². The van der Waals surface area contributed by atoms with E-state index in [0.717, 1.165) is 12.1 Å². The van der Waals surface area contributed by atoms with Crippen LogP contribution in [0.2, 0.25) is 0 Å². The largest absolute Gasteiger partial charge is 0.478 e. The van der Waals surface area contributed by atoms with Gasteiger partial charge in [-0.3, -0.25) is 0 Å². The van der Waals surface area contributed by atoms with E-state index in [9.17, 15) is 13.6 Å². The first kappa shape index (κ1) is 12.3. The van der Waals surface area contributed by atoms with Gasteiger partial charge in [0.1, 0.15) is 11.6 Å². The minimum Gasteiger partial charge on any atom is -0.478 e. The van der Waals surface area contributed by atoms with Crippen LogP contribution in [-0.4, -0.2) is 15.6 Å². The van der Waals surface area contributed by atoms with Crippen LogP contribution >= 0.6 is 0 Å². The summed E-state index contributed by atoms with van der Waals surface area (Å²) in [6.45, 7) is 1.63. The zero-order valence-electron chi connectivity index (χ0n) is 9.87. The summed E-state index contributed by atoms with van der Waals surface area (Å²) in [6, 6.07) is 4.60. The van der Waals surface area contributed by atoms with Gasteiger partial charge in [0.2, 0.25) is 0 Å². The summed E-state index contributed by atoms with van der Waals surface area (Å²) in [5.41, 5.74) is 1.20. The van der Waals surface area contributed by atoms with Gasteiger partial charge >= 0.3 is 5.97 Å². The highest BCUT2D eigenvalue weighted by molar-refractivity contribution is 5.91. The molecule has 2 rings (SSSR count). The molecule has 0 aliphatic carbocycles. The fraction of sp³-hybridized carbons (Fsp3) is 0.154. The Morgan fingerprint density at radius 1 is 1.28 bits per heavy atom. The van der Waals surface area contributed by atoms with Crippen LogP contribution in [0.5, 0.6) is 0 Å². The summed E-state index contributed by atoms with van der Waals surface area (Å²) in [6.07, 6.45) is 0. The number of carboxylic acids is 1. The van der Waals surface area contributed by atoms with Gasteiger partial charge in [-0.25, -0.2) is 13.6 Å². The second-order valence-electron chi connectivity index (χ2n) is 4.02. The Hall–Kier alpha value is -2.17. The van der Waals surface area contributed by atoms with Crippen LogP contribution in [-0.2, 0) is 7.05 Å². The number of halogens is 2. The molecule has 1 aromatic carbocycles. The molecule has 0 radical (unpaired) electrons. The van der Waals surface area contributed by atoms with Crippen molar-refractivity contribution < 1.29 is 18.7 Å². The minimum absolute atomic E-state index is 0.108. The van der Waals surface area contributed by atoms with Crippen LogP contribution < -0.4 is 0 Å². The van der Waals surface area contributed by atoms with E-state index in [1.165, 1.54) is 12.1 Å². The van der Waals surface area contributed by atoms with E-state index in [4.69, 9.17) is 5.11 Å². The first-order valence-electron chi connectivity index (χ1n) is 5.27. The maximum Gasteiger partial charge on any atom is 0.337 e. The van der Waals surface area contributed by atoms with Gasteiger partial charge < -0.3 is 9.67 Å². The molecular formula is C13H11F2NO2. The number of hydrogen-bond donors (Lipinski definition) is 1. The quantitative estimate of drug-likeness (QED) is 0.891. The number of aromatic carboxylic acids is 1. The maximum atomic E-state index is 13.7. The van der Waals surface area contributed by atoms with Gasteiger partial charge in [-0.15, -0.1) is 0 Å². The van der Waals surface area contributed by atoms with Crippen molar-refractivity contribution in [2.75, 3.05) is 0 Å². The third-order valence-electron chi connectivity index (χ3n) is 2.97. The van der Waals surface area contributed by atoms with Crippen molar-refractivity contribution in [3.05, 3.63) is 47.2 Å². The Morgan fingerprint density at radius 3 is 2.44 bits per heavy atom. The number of nitrogens with zero attached hydrogens (tertiary/aromatic N) is 1. The predicted octanol–water partition coefficient (Wildman–Crippen LogP) is 2.98. The van der Waals surface area contributed by atoms with Crippen molar-refractivity contribution in [3.8, 4) is 11.3 Å². The molecule has 0 unspecified atom stereocenters. The van der Waals surface area contributed by atoms with Crippen LogP contribution in [0, 0.1) is 18.6 Å². The lowest BCUT2D eigenvalue weighted by molar-refractivity contribution is 0.0696. The monoisotopic (exact) mass is 251 g/mol. The average Bonchev–Trinajstić information content (AvgIpc) is 2.57. The zero-order valence-corrected chi connectivity index (χ0v) is 9.87. The van der Waals surface area contributed by atoms with E-state index in [-0.39, 0.29) is 11.1 Å². The molecule has 94 valence electrons. The number of rotatable bonds is 2. The predicted molar refractivity (Wildman–Crippen MR) is 62.5 cm³/mol. The number of benzene rings is 1. The second-order valence-corrected chi connectivity index (χ2v) is 4.02. The smallest absolute Gasteiger partial charge is 0.337 e. The van der Waals surface area contributed by atoms with Gasteiger partial charge in [-0.05, 0) is 25.1 Å². The average molecular weight is 251 g/mol. The highest BCUT2D eigenvalue weighted by atomic mass is 19.1. The lowest BCUT2D eigenvalue weighted by Crippen LogP contribution is -2.00. The van der Waals surface area contributed by atoms with E-state index < -0.39 is 17.6 Å². The fourth-order valence-electron chi connectivity index (χ4n) is 1.87. The van der Waals surface area contributed by atoms with E-state index in [1.54, 1.807) is 18.5 Å². The second kappa shape index (κ2) is 4.25. The van der Waals surface area contributed by atoms with Gasteiger partial charge in [0, 0.05) is 24.4 Å². The van der Waals surface area contributed by atoms with Gasteiger partial charge in [0.25, 0.3) is 0 Å². The number of carboxylic acid groups (broad SMARTS) is 1. The van der Waals surface area contributed by atoms with Crippen molar-refractivity contribution in [2.24, 2.45) is 7.05 Å². The molecule has 0 aliphatic rings. The van der Waals surface area contributed by atoms with E-state index in [0.29, 0.717) is 11.4 Å². The Kier molecular flexibility index (Phi) is 2.90. The van der Waals surface area contributed by atoms with Gasteiger partial charge in [0.15, 0.2) is 0 Å². The molecule has 0 aliphatic heterocycles. The van der Waals surface area contributed by atoms with Crippen LogP contribution in [0.15, 0.2) is 24.3 Å². The standard InChI is InChI=1S/C13H11F2NO2/c1-7-10(13(17)18)6-12(16(7)2)9-4-3-8(14)5-11(9)15/h3-6H,1-2H3,(H,17,18). The number of aromatic nitrogens is 1. The lowest BCUT2D eigenvalue weighted by atomic mass is 10.1. The van der Waals surface area contributed by atoms with Crippen LogP contribution in [0.4, 0.5) is 8.78 Å². The molecule has 5 heteroatoms. The molecule has 1 aromatic heterocycles. The van der Waals surface area contributed by atoms with Crippen LogP contribution in [0.1, 0.15) is 16.1 Å². The summed E-state index contributed by atoms with van der Waals surface area (Å²) in [7, 11) is 1.64. The Morgan fingerprint density at radius 2 is 1.94 bits per heavy atom. The van der Waals surface area contributed by atoms with Gasteiger partial charge in [-0.2, -0.15) is 0 Å². The van der Waals surface area contributed by atoms with Crippen LogP contribution in [0.25, 0.3) is 11.3 Å². The maximum absolute atomic E-state index is 13.7. The molecule has 0 saturated heterocycles.